The standard InChI is InChI=1S/C20H24N2O2/c1-15(17-11-12-17)22(14-16-7-4-3-5-8-16)20(23)21-18-9-6-10-19(13-18)24-2/h3-10,13,15,17H,11-12,14H2,1-2H3,(H,21,23). The molecule has 1 aliphatic rings. The van der Waals surface area contributed by atoms with Crippen molar-refractivity contribution in [3.63, 3.8) is 0 Å². The molecule has 1 aliphatic carbocycles. The Bertz CT molecular complexity index is 683. The molecular weight excluding hydrogens is 300 g/mol. The fraction of sp³-hybridized carbons (Fsp3) is 0.350. The van der Waals surface area contributed by atoms with Gasteiger partial charge in [-0.15, -0.1) is 0 Å². The largest absolute Gasteiger partial charge is 0.497 e. The van der Waals surface area contributed by atoms with Gasteiger partial charge in [-0.3, -0.25) is 0 Å². The zero-order chi connectivity index (χ0) is 16.9. The molecule has 4 heteroatoms. The van der Waals surface area contributed by atoms with Crippen molar-refractivity contribution in [3.8, 4) is 5.75 Å². The Kier molecular flexibility index (Phi) is 5.04. The maximum atomic E-state index is 12.9. The number of methoxy groups -OCH3 is 1. The minimum Gasteiger partial charge on any atom is -0.497 e. The van der Waals surface area contributed by atoms with E-state index in [2.05, 4.69) is 24.4 Å². The third-order valence-corrected chi connectivity index (χ3v) is 4.57. The number of amides is 2. The van der Waals surface area contributed by atoms with Gasteiger partial charge in [-0.2, -0.15) is 0 Å². The molecule has 0 radical (unpaired) electrons. The van der Waals surface area contributed by atoms with Crippen LogP contribution in [0.25, 0.3) is 0 Å². The van der Waals surface area contributed by atoms with Gasteiger partial charge in [-0.05, 0) is 43.4 Å². The van der Waals surface area contributed by atoms with Crippen molar-refractivity contribution >= 4 is 11.7 Å². The molecule has 0 aliphatic heterocycles. The zero-order valence-corrected chi connectivity index (χ0v) is 14.2. The highest BCUT2D eigenvalue weighted by atomic mass is 16.5. The smallest absolute Gasteiger partial charge is 0.322 e. The van der Waals surface area contributed by atoms with Crippen LogP contribution in [0, 0.1) is 5.92 Å². The highest BCUT2D eigenvalue weighted by molar-refractivity contribution is 5.89. The van der Waals surface area contributed by atoms with Gasteiger partial charge in [0.2, 0.25) is 0 Å². The summed E-state index contributed by atoms with van der Waals surface area (Å²) in [6, 6.07) is 17.8. The number of benzene rings is 2. The minimum atomic E-state index is -0.0634. The summed E-state index contributed by atoms with van der Waals surface area (Å²) in [5.41, 5.74) is 1.89. The van der Waals surface area contributed by atoms with Gasteiger partial charge in [0.25, 0.3) is 0 Å². The maximum Gasteiger partial charge on any atom is 0.322 e. The van der Waals surface area contributed by atoms with Crippen LogP contribution < -0.4 is 10.1 Å². The van der Waals surface area contributed by atoms with Crippen LogP contribution in [-0.2, 0) is 6.54 Å². The Morgan fingerprint density at radius 2 is 1.96 bits per heavy atom. The molecule has 4 nitrogen and oxygen atoms in total. The first-order valence-corrected chi connectivity index (χ1v) is 8.43. The van der Waals surface area contributed by atoms with Gasteiger partial charge in [-0.25, -0.2) is 4.79 Å². The van der Waals surface area contributed by atoms with Crippen molar-refractivity contribution in [3.05, 3.63) is 60.2 Å². The number of hydrogen-bond acceptors (Lipinski definition) is 2. The van der Waals surface area contributed by atoms with Gasteiger partial charge < -0.3 is 15.0 Å². The van der Waals surface area contributed by atoms with Gasteiger partial charge >= 0.3 is 6.03 Å². The Hall–Kier alpha value is -2.49. The van der Waals surface area contributed by atoms with Crippen molar-refractivity contribution in [1.29, 1.82) is 0 Å². The first kappa shape index (κ1) is 16.4. The first-order valence-electron chi connectivity index (χ1n) is 8.43. The average Bonchev–Trinajstić information content (AvgIpc) is 3.45. The lowest BCUT2D eigenvalue weighted by Gasteiger charge is -2.30. The summed E-state index contributed by atoms with van der Waals surface area (Å²) < 4.78 is 5.22. The number of ether oxygens (including phenoxy) is 1. The molecule has 0 heterocycles. The Morgan fingerprint density at radius 3 is 2.62 bits per heavy atom. The third-order valence-electron chi connectivity index (χ3n) is 4.57. The number of carbonyl (C=O) groups excluding carboxylic acids is 1. The summed E-state index contributed by atoms with van der Waals surface area (Å²) in [7, 11) is 1.62. The molecular formula is C20H24N2O2. The minimum absolute atomic E-state index is 0.0634. The van der Waals surface area contributed by atoms with Gasteiger partial charge in [0.05, 0.1) is 7.11 Å². The Labute approximate surface area is 143 Å². The Balaban J connectivity index is 1.74. The molecule has 0 spiro atoms. The summed E-state index contributed by atoms with van der Waals surface area (Å²) in [6.45, 7) is 2.76. The monoisotopic (exact) mass is 324 g/mol. The van der Waals surface area contributed by atoms with E-state index in [9.17, 15) is 4.79 Å². The summed E-state index contributed by atoms with van der Waals surface area (Å²) in [5.74, 6) is 1.35. The average molecular weight is 324 g/mol. The second kappa shape index (κ2) is 7.39. The number of nitrogens with one attached hydrogen (secondary N) is 1. The van der Waals surface area contributed by atoms with Gasteiger partial charge in [0, 0.05) is 24.3 Å². The molecule has 2 aromatic rings. The fourth-order valence-electron chi connectivity index (χ4n) is 2.91. The van der Waals surface area contributed by atoms with Crippen LogP contribution in [0.5, 0.6) is 5.75 Å². The summed E-state index contributed by atoms with van der Waals surface area (Å²) in [4.78, 5) is 14.8. The van der Waals surface area contributed by atoms with Crippen LogP contribution in [0.15, 0.2) is 54.6 Å². The summed E-state index contributed by atoms with van der Waals surface area (Å²) in [6.07, 6.45) is 2.41. The zero-order valence-electron chi connectivity index (χ0n) is 14.2. The second-order valence-corrected chi connectivity index (χ2v) is 6.35. The van der Waals surface area contributed by atoms with Gasteiger partial charge in [-0.1, -0.05) is 36.4 Å². The fourth-order valence-corrected chi connectivity index (χ4v) is 2.91. The molecule has 2 amide bonds. The van der Waals surface area contributed by atoms with Crippen molar-refractivity contribution in [2.75, 3.05) is 12.4 Å². The van der Waals surface area contributed by atoms with E-state index >= 15 is 0 Å². The molecule has 3 rings (SSSR count). The van der Waals surface area contributed by atoms with Crippen molar-refractivity contribution < 1.29 is 9.53 Å². The Morgan fingerprint density at radius 1 is 1.21 bits per heavy atom. The number of hydrogen-bond donors (Lipinski definition) is 1. The van der Waals surface area contributed by atoms with E-state index in [-0.39, 0.29) is 12.1 Å². The SMILES string of the molecule is COc1cccc(NC(=O)N(Cc2ccccc2)C(C)C2CC2)c1. The van der Waals surface area contributed by atoms with Crippen LogP contribution in [0.1, 0.15) is 25.3 Å². The maximum absolute atomic E-state index is 12.9. The number of rotatable bonds is 6. The summed E-state index contributed by atoms with van der Waals surface area (Å²) >= 11 is 0. The molecule has 0 saturated heterocycles. The first-order chi connectivity index (χ1) is 11.7. The van der Waals surface area contributed by atoms with E-state index in [4.69, 9.17) is 4.74 Å². The number of nitrogens with zero attached hydrogens (tertiary/aromatic N) is 1. The van der Waals surface area contributed by atoms with E-state index in [0.717, 1.165) is 17.0 Å². The van der Waals surface area contributed by atoms with Gasteiger partial charge in [0.15, 0.2) is 0 Å². The van der Waals surface area contributed by atoms with Crippen LogP contribution in [-0.4, -0.2) is 24.1 Å². The van der Waals surface area contributed by atoms with Crippen LogP contribution in [0.3, 0.4) is 0 Å². The van der Waals surface area contributed by atoms with Crippen molar-refractivity contribution in [1.82, 2.24) is 4.90 Å². The van der Waals surface area contributed by atoms with Crippen molar-refractivity contribution in [2.24, 2.45) is 5.92 Å². The molecule has 1 saturated carbocycles. The topological polar surface area (TPSA) is 41.6 Å². The molecule has 0 bridgehead atoms. The second-order valence-electron chi connectivity index (χ2n) is 6.35. The van der Waals surface area contributed by atoms with E-state index in [1.54, 1.807) is 7.11 Å². The lowest BCUT2D eigenvalue weighted by atomic mass is 10.1. The molecule has 0 aromatic heterocycles. The van der Waals surface area contributed by atoms with E-state index in [0.29, 0.717) is 12.5 Å². The molecule has 1 fully saturated rings. The molecule has 1 N–H and O–H groups in total. The number of anilines is 1. The predicted octanol–water partition coefficient (Wildman–Crippen LogP) is 4.53. The van der Waals surface area contributed by atoms with Crippen LogP contribution in [0.2, 0.25) is 0 Å². The van der Waals surface area contributed by atoms with Gasteiger partial charge in [0.1, 0.15) is 5.75 Å². The molecule has 1 unspecified atom stereocenters. The van der Waals surface area contributed by atoms with Crippen LogP contribution in [0.4, 0.5) is 10.5 Å². The predicted molar refractivity (Wildman–Crippen MR) is 96.2 cm³/mol. The van der Waals surface area contributed by atoms with E-state index < -0.39 is 0 Å². The number of carbonyl (C=O) groups is 1. The summed E-state index contributed by atoms with van der Waals surface area (Å²) in [5, 5.41) is 3.01. The van der Waals surface area contributed by atoms with E-state index in [1.807, 2.05) is 47.4 Å². The third kappa shape index (κ3) is 4.07. The lowest BCUT2D eigenvalue weighted by Crippen LogP contribution is -2.42. The lowest BCUT2D eigenvalue weighted by molar-refractivity contribution is 0.181. The highest BCUT2D eigenvalue weighted by Gasteiger charge is 2.34. The van der Waals surface area contributed by atoms with Crippen LogP contribution >= 0.6 is 0 Å². The highest BCUT2D eigenvalue weighted by Crippen LogP contribution is 2.36. The molecule has 24 heavy (non-hydrogen) atoms. The molecule has 126 valence electrons. The van der Waals surface area contributed by atoms with E-state index in [1.165, 1.54) is 12.8 Å². The quantitative estimate of drug-likeness (QED) is 0.848. The number of urea groups is 1. The molecule has 1 atom stereocenters. The molecule has 2 aromatic carbocycles. The normalized spacial score (nSPS) is 14.8. The van der Waals surface area contributed by atoms with Crippen molar-refractivity contribution in [2.45, 2.75) is 32.4 Å².